The molecule has 10 nitrogen and oxygen atoms in total. The Labute approximate surface area is 234 Å². The molecule has 3 heterocycles. The summed E-state index contributed by atoms with van der Waals surface area (Å²) in [6.45, 7) is 1.51. The van der Waals surface area contributed by atoms with E-state index in [1.54, 1.807) is 61.5 Å². The molecular formula is C30H29FN6O4. The highest BCUT2D eigenvalue weighted by atomic mass is 19.1. The van der Waals surface area contributed by atoms with Gasteiger partial charge in [-0.2, -0.15) is 5.10 Å². The van der Waals surface area contributed by atoms with E-state index in [9.17, 15) is 19.8 Å². The van der Waals surface area contributed by atoms with Crippen LogP contribution in [0.3, 0.4) is 0 Å². The van der Waals surface area contributed by atoms with Gasteiger partial charge in [0.2, 0.25) is 0 Å². The number of hydrogen-bond donors (Lipinski definition) is 3. The number of nitrogens with zero attached hydrogens (tertiary/aromatic N) is 5. The number of anilines is 2. The van der Waals surface area contributed by atoms with Crippen molar-refractivity contribution in [3.63, 3.8) is 0 Å². The Hall–Kier alpha value is -4.61. The van der Waals surface area contributed by atoms with Gasteiger partial charge < -0.3 is 20.1 Å². The van der Waals surface area contributed by atoms with E-state index in [4.69, 9.17) is 0 Å². The molecule has 0 amide bonds. The van der Waals surface area contributed by atoms with Crippen molar-refractivity contribution in [3.05, 3.63) is 98.8 Å². The molecule has 5 aromatic rings. The fourth-order valence-electron chi connectivity index (χ4n) is 5.15. The molecule has 1 unspecified atom stereocenters. The Balaban J connectivity index is 1.42. The molecular weight excluding hydrogens is 527 g/mol. The Morgan fingerprint density at radius 1 is 1.15 bits per heavy atom. The first kappa shape index (κ1) is 26.6. The molecule has 0 spiro atoms. The van der Waals surface area contributed by atoms with Gasteiger partial charge in [0.05, 0.1) is 47.9 Å². The Kier molecular flexibility index (Phi) is 6.76. The SMILES string of the molecule is CC(O)Cn1cc(Nc2nc(-c3cccc(-n4ccc5cc(C6CC6)cc(F)c5c4=O)c3CO)cn(C)c2=O)cn1. The predicted octanol–water partition coefficient (Wildman–Crippen LogP) is 3.58. The molecule has 0 aliphatic heterocycles. The molecule has 1 aliphatic carbocycles. The number of aryl methyl sites for hydroxylation is 1. The van der Waals surface area contributed by atoms with Gasteiger partial charge in [-0.1, -0.05) is 18.2 Å². The summed E-state index contributed by atoms with van der Waals surface area (Å²) in [6, 6.07) is 10.2. The number of rotatable bonds is 8. The number of aliphatic hydroxyl groups is 2. The lowest BCUT2D eigenvalue weighted by Crippen LogP contribution is -2.22. The van der Waals surface area contributed by atoms with Gasteiger partial charge in [0, 0.05) is 36.8 Å². The lowest BCUT2D eigenvalue weighted by atomic mass is 10.0. The van der Waals surface area contributed by atoms with Crippen molar-refractivity contribution in [1.29, 1.82) is 0 Å². The minimum absolute atomic E-state index is 0.00551. The minimum atomic E-state index is -0.590. The molecule has 1 atom stereocenters. The molecule has 3 aromatic heterocycles. The van der Waals surface area contributed by atoms with Crippen molar-refractivity contribution in [1.82, 2.24) is 23.9 Å². The van der Waals surface area contributed by atoms with E-state index in [0.717, 1.165) is 18.4 Å². The zero-order valence-corrected chi connectivity index (χ0v) is 22.6. The van der Waals surface area contributed by atoms with Crippen LogP contribution in [0.1, 0.15) is 36.8 Å². The fourth-order valence-corrected chi connectivity index (χ4v) is 5.15. The first-order chi connectivity index (χ1) is 19.7. The average Bonchev–Trinajstić information content (AvgIpc) is 3.71. The summed E-state index contributed by atoms with van der Waals surface area (Å²) in [5.41, 5.74) is 2.17. The normalized spacial score (nSPS) is 14.0. The first-order valence-corrected chi connectivity index (χ1v) is 13.4. The Morgan fingerprint density at radius 2 is 1.95 bits per heavy atom. The van der Waals surface area contributed by atoms with Crippen LogP contribution in [-0.2, 0) is 20.2 Å². The summed E-state index contributed by atoms with van der Waals surface area (Å²) in [5, 5.41) is 27.8. The molecule has 0 radical (unpaired) electrons. The van der Waals surface area contributed by atoms with Crippen LogP contribution in [0.25, 0.3) is 27.7 Å². The van der Waals surface area contributed by atoms with Gasteiger partial charge in [0.15, 0.2) is 5.82 Å². The van der Waals surface area contributed by atoms with Crippen LogP contribution in [0, 0.1) is 5.82 Å². The maximum Gasteiger partial charge on any atom is 0.293 e. The van der Waals surface area contributed by atoms with E-state index < -0.39 is 24.1 Å². The minimum Gasteiger partial charge on any atom is -0.392 e. The highest BCUT2D eigenvalue weighted by Crippen LogP contribution is 2.41. The van der Waals surface area contributed by atoms with Gasteiger partial charge in [-0.15, -0.1) is 0 Å². The molecule has 1 aliphatic rings. The van der Waals surface area contributed by atoms with Crippen LogP contribution in [0.4, 0.5) is 15.9 Å². The number of benzene rings is 2. The van der Waals surface area contributed by atoms with E-state index in [1.165, 1.54) is 21.4 Å². The van der Waals surface area contributed by atoms with Gasteiger partial charge in [0.1, 0.15) is 5.82 Å². The van der Waals surface area contributed by atoms with Crippen LogP contribution in [0.2, 0.25) is 0 Å². The summed E-state index contributed by atoms with van der Waals surface area (Å²) in [7, 11) is 1.59. The topological polar surface area (TPSA) is 127 Å². The van der Waals surface area contributed by atoms with Gasteiger partial charge in [-0.3, -0.25) is 18.8 Å². The van der Waals surface area contributed by atoms with E-state index >= 15 is 4.39 Å². The molecule has 1 saturated carbocycles. The molecule has 1 fully saturated rings. The lowest BCUT2D eigenvalue weighted by Gasteiger charge is -2.16. The van der Waals surface area contributed by atoms with Crippen LogP contribution >= 0.6 is 0 Å². The number of pyridine rings is 1. The highest BCUT2D eigenvalue weighted by Gasteiger charge is 2.25. The second kappa shape index (κ2) is 10.4. The van der Waals surface area contributed by atoms with E-state index in [1.807, 2.05) is 6.07 Å². The molecule has 0 bridgehead atoms. The van der Waals surface area contributed by atoms with E-state index in [-0.39, 0.29) is 16.8 Å². The van der Waals surface area contributed by atoms with Crippen molar-refractivity contribution in [3.8, 4) is 16.9 Å². The van der Waals surface area contributed by atoms with Gasteiger partial charge in [-0.25, -0.2) is 9.37 Å². The van der Waals surface area contributed by atoms with Crippen LogP contribution < -0.4 is 16.4 Å². The van der Waals surface area contributed by atoms with Gasteiger partial charge in [-0.05, 0) is 54.8 Å². The largest absolute Gasteiger partial charge is 0.392 e. The van der Waals surface area contributed by atoms with E-state index in [2.05, 4.69) is 15.4 Å². The lowest BCUT2D eigenvalue weighted by molar-refractivity contribution is 0.168. The van der Waals surface area contributed by atoms with Crippen LogP contribution in [0.15, 0.2) is 70.8 Å². The van der Waals surface area contributed by atoms with Crippen molar-refractivity contribution in [2.24, 2.45) is 7.05 Å². The van der Waals surface area contributed by atoms with Crippen LogP contribution in [0.5, 0.6) is 0 Å². The zero-order valence-electron chi connectivity index (χ0n) is 22.6. The van der Waals surface area contributed by atoms with Crippen molar-refractivity contribution in [2.45, 2.75) is 44.9 Å². The third-order valence-corrected chi connectivity index (χ3v) is 7.29. The Bertz CT molecular complexity index is 1900. The number of aromatic nitrogens is 5. The quantitative estimate of drug-likeness (QED) is 0.267. The summed E-state index contributed by atoms with van der Waals surface area (Å²) in [4.78, 5) is 31.0. The highest BCUT2D eigenvalue weighted by molar-refractivity contribution is 5.83. The number of aliphatic hydroxyl groups excluding tert-OH is 2. The van der Waals surface area contributed by atoms with Crippen molar-refractivity contribution in [2.75, 3.05) is 5.32 Å². The maximum atomic E-state index is 15.2. The standard InChI is InChI=1S/C30H29FN6O4/c1-17(39)13-36-14-21(12-32-36)33-28-30(41)35(2)15-25(34-28)22-4-3-5-26(23(22)16-38)37-9-8-19-10-20(18-6-7-18)11-24(31)27(19)29(37)40/h3-5,8-12,14-15,17-18,38-39H,6-7,13,16H2,1-2H3,(H,33,34). The Morgan fingerprint density at radius 3 is 2.68 bits per heavy atom. The molecule has 2 aromatic carbocycles. The number of halogens is 1. The van der Waals surface area contributed by atoms with Crippen LogP contribution in [-0.4, -0.2) is 40.2 Å². The number of fused-ring (bicyclic) bond motifs is 1. The summed E-state index contributed by atoms with van der Waals surface area (Å²) >= 11 is 0. The predicted molar refractivity (Wildman–Crippen MR) is 153 cm³/mol. The molecule has 3 N–H and O–H groups in total. The fraction of sp³-hybridized carbons (Fsp3) is 0.267. The average molecular weight is 557 g/mol. The maximum absolute atomic E-state index is 15.2. The molecule has 6 rings (SSSR count). The monoisotopic (exact) mass is 556 g/mol. The zero-order chi connectivity index (χ0) is 28.8. The van der Waals surface area contributed by atoms with E-state index in [0.29, 0.717) is 46.0 Å². The van der Waals surface area contributed by atoms with Crippen molar-refractivity contribution >= 4 is 22.3 Å². The molecule has 0 saturated heterocycles. The third-order valence-electron chi connectivity index (χ3n) is 7.29. The summed E-state index contributed by atoms with van der Waals surface area (Å²) in [5.74, 6) is -0.173. The third kappa shape index (κ3) is 5.05. The smallest absolute Gasteiger partial charge is 0.293 e. The van der Waals surface area contributed by atoms with Gasteiger partial charge in [0.25, 0.3) is 11.1 Å². The second-order valence-corrected chi connectivity index (χ2v) is 10.5. The van der Waals surface area contributed by atoms with Crippen molar-refractivity contribution < 1.29 is 14.6 Å². The number of hydrogen-bond acceptors (Lipinski definition) is 7. The molecule has 11 heteroatoms. The van der Waals surface area contributed by atoms with Gasteiger partial charge >= 0.3 is 0 Å². The summed E-state index contributed by atoms with van der Waals surface area (Å²) < 4.78 is 19.4. The molecule has 41 heavy (non-hydrogen) atoms. The molecule has 210 valence electrons. The number of nitrogens with one attached hydrogen (secondary N) is 1. The first-order valence-electron chi connectivity index (χ1n) is 13.4. The second-order valence-electron chi connectivity index (χ2n) is 10.5. The summed E-state index contributed by atoms with van der Waals surface area (Å²) in [6.07, 6.45) is 7.77.